The molecule has 3 heterocycles. The molecule has 0 spiro atoms. The molecule has 0 bridgehead atoms. The van der Waals surface area contributed by atoms with E-state index in [0.29, 0.717) is 17.7 Å². The Labute approximate surface area is 184 Å². The van der Waals surface area contributed by atoms with Crippen molar-refractivity contribution >= 4 is 38.0 Å². The first-order valence-electron chi connectivity index (χ1n) is 10.1. The number of hydrogen-bond donors (Lipinski definition) is 2. The first-order chi connectivity index (χ1) is 15.3. The van der Waals surface area contributed by atoms with Crippen molar-refractivity contribution in [3.05, 3.63) is 76.6 Å². The highest BCUT2D eigenvalue weighted by molar-refractivity contribution is 7.92. The zero-order valence-corrected chi connectivity index (χ0v) is 18.3. The van der Waals surface area contributed by atoms with Crippen LogP contribution in [0.2, 0.25) is 0 Å². The lowest BCUT2D eigenvalue weighted by Crippen LogP contribution is -2.18. The summed E-state index contributed by atoms with van der Waals surface area (Å²) in [6.45, 7) is 2.02. The number of aromatic amines is 1. The van der Waals surface area contributed by atoms with E-state index in [1.54, 1.807) is 42.0 Å². The number of H-pyrrole nitrogens is 1. The fraction of sp³-hybridized carbons (Fsp3) is 0.174. The van der Waals surface area contributed by atoms with Crippen LogP contribution in [0.3, 0.4) is 0 Å². The molecule has 0 saturated carbocycles. The fourth-order valence-corrected chi connectivity index (χ4v) is 4.89. The van der Waals surface area contributed by atoms with Crippen LogP contribution < -0.4 is 15.2 Å². The molecule has 0 saturated heterocycles. The molecule has 5 rings (SSSR count). The number of sulfonamides is 1. The van der Waals surface area contributed by atoms with Crippen LogP contribution in [-0.4, -0.2) is 23.7 Å². The van der Waals surface area contributed by atoms with E-state index in [0.717, 1.165) is 33.5 Å². The van der Waals surface area contributed by atoms with Gasteiger partial charge in [0.05, 0.1) is 12.3 Å². The summed E-state index contributed by atoms with van der Waals surface area (Å²) in [5.74, 6) is -0.372. The Hall–Kier alpha value is -3.59. The molecule has 1 aliphatic rings. The molecule has 0 fully saturated rings. The minimum absolute atomic E-state index is 0.0421. The van der Waals surface area contributed by atoms with Gasteiger partial charge in [-0.05, 0) is 55.0 Å². The second-order valence-electron chi connectivity index (χ2n) is 7.82. The first-order valence-corrected chi connectivity index (χ1v) is 11.8. The van der Waals surface area contributed by atoms with Gasteiger partial charge in [-0.1, -0.05) is 0 Å². The van der Waals surface area contributed by atoms with E-state index in [-0.39, 0.29) is 17.1 Å². The average Bonchev–Trinajstić information content (AvgIpc) is 3.06. The second kappa shape index (κ2) is 7.23. The molecule has 7 nitrogen and oxygen atoms in total. The maximum absolute atomic E-state index is 13.6. The van der Waals surface area contributed by atoms with Crippen molar-refractivity contribution in [1.82, 2.24) is 9.55 Å². The number of aryl methyl sites for hydroxylation is 1. The maximum Gasteiger partial charge on any atom is 0.272 e. The summed E-state index contributed by atoms with van der Waals surface area (Å²) in [7, 11) is -1.64. The average molecular weight is 453 g/mol. The van der Waals surface area contributed by atoms with Gasteiger partial charge in [-0.3, -0.25) is 9.52 Å². The second-order valence-corrected chi connectivity index (χ2v) is 9.83. The zero-order valence-electron chi connectivity index (χ0n) is 17.5. The predicted molar refractivity (Wildman–Crippen MR) is 124 cm³/mol. The van der Waals surface area contributed by atoms with Crippen LogP contribution in [0.1, 0.15) is 12.5 Å². The summed E-state index contributed by atoms with van der Waals surface area (Å²) in [5, 5.41) is 0.817. The molecule has 2 aromatic heterocycles. The molecule has 2 aromatic carbocycles. The van der Waals surface area contributed by atoms with Crippen LogP contribution in [0.5, 0.6) is 0 Å². The summed E-state index contributed by atoms with van der Waals surface area (Å²) in [4.78, 5) is 17.4. The topological polar surface area (TPSA) is 87.2 Å². The van der Waals surface area contributed by atoms with E-state index in [4.69, 9.17) is 0 Å². The molecule has 0 unspecified atom stereocenters. The molecule has 164 valence electrons. The van der Waals surface area contributed by atoms with E-state index >= 15 is 0 Å². The molecular weight excluding hydrogens is 431 g/mol. The number of halogens is 1. The highest BCUT2D eigenvalue weighted by Gasteiger charge is 2.26. The van der Waals surface area contributed by atoms with E-state index in [9.17, 15) is 17.6 Å². The molecule has 0 atom stereocenters. The van der Waals surface area contributed by atoms with Crippen LogP contribution in [0.25, 0.3) is 22.0 Å². The SMILES string of the molecule is CCS(=O)(=O)Nc1ccc2c(c1)-c1cn(C)c3c(=O)[nH]cc(c13)CN2c1ccc(F)cc1. The third-order valence-corrected chi connectivity index (χ3v) is 7.10. The van der Waals surface area contributed by atoms with Crippen molar-refractivity contribution in [2.45, 2.75) is 13.5 Å². The van der Waals surface area contributed by atoms with E-state index in [2.05, 4.69) is 9.71 Å². The van der Waals surface area contributed by atoms with Gasteiger partial charge < -0.3 is 14.5 Å². The van der Waals surface area contributed by atoms with E-state index < -0.39 is 10.0 Å². The molecule has 0 amide bonds. The number of nitrogens with one attached hydrogen (secondary N) is 2. The van der Waals surface area contributed by atoms with Crippen molar-refractivity contribution in [1.29, 1.82) is 0 Å². The Morgan fingerprint density at radius 3 is 2.59 bits per heavy atom. The monoisotopic (exact) mass is 452 g/mol. The number of pyridine rings is 1. The van der Waals surface area contributed by atoms with Gasteiger partial charge in [-0.25, -0.2) is 12.8 Å². The van der Waals surface area contributed by atoms with Crippen molar-refractivity contribution in [3.8, 4) is 11.1 Å². The smallest absolute Gasteiger partial charge is 0.272 e. The molecule has 32 heavy (non-hydrogen) atoms. The van der Waals surface area contributed by atoms with Gasteiger partial charge in [-0.15, -0.1) is 0 Å². The Morgan fingerprint density at radius 2 is 1.88 bits per heavy atom. The number of rotatable bonds is 4. The fourth-order valence-electron chi connectivity index (χ4n) is 4.26. The summed E-state index contributed by atoms with van der Waals surface area (Å²) in [6, 6.07) is 11.5. The van der Waals surface area contributed by atoms with E-state index in [1.165, 1.54) is 12.1 Å². The van der Waals surface area contributed by atoms with Gasteiger partial charge in [0.25, 0.3) is 5.56 Å². The number of anilines is 3. The van der Waals surface area contributed by atoms with Gasteiger partial charge in [0, 0.05) is 53.0 Å². The Morgan fingerprint density at radius 1 is 1.12 bits per heavy atom. The minimum atomic E-state index is -3.46. The first kappa shape index (κ1) is 20.3. The third kappa shape index (κ3) is 3.25. The van der Waals surface area contributed by atoms with Gasteiger partial charge in [0.15, 0.2) is 0 Å². The normalized spacial score (nSPS) is 13.2. The molecule has 4 aromatic rings. The molecule has 0 radical (unpaired) electrons. The summed E-state index contributed by atoms with van der Waals surface area (Å²) < 4.78 is 42.3. The Kier molecular flexibility index (Phi) is 4.59. The summed E-state index contributed by atoms with van der Waals surface area (Å²) >= 11 is 0. The summed E-state index contributed by atoms with van der Waals surface area (Å²) in [5.41, 5.74) is 4.92. The molecular formula is C23H21FN4O3S. The van der Waals surface area contributed by atoms with Crippen LogP contribution in [0.15, 0.2) is 59.7 Å². The lowest BCUT2D eigenvalue weighted by Gasteiger charge is -2.26. The number of aromatic nitrogens is 2. The third-order valence-electron chi connectivity index (χ3n) is 5.79. The number of hydrogen-bond acceptors (Lipinski definition) is 4. The van der Waals surface area contributed by atoms with Crippen LogP contribution in [0, 0.1) is 5.82 Å². The number of benzene rings is 2. The zero-order chi connectivity index (χ0) is 22.6. The van der Waals surface area contributed by atoms with E-state index in [1.807, 2.05) is 24.2 Å². The minimum Gasteiger partial charge on any atom is -0.345 e. The van der Waals surface area contributed by atoms with Crippen LogP contribution in [0.4, 0.5) is 21.5 Å². The quantitative estimate of drug-likeness (QED) is 0.488. The van der Waals surface area contributed by atoms with Crippen molar-refractivity contribution in [2.75, 3.05) is 15.4 Å². The van der Waals surface area contributed by atoms with Gasteiger partial charge in [-0.2, -0.15) is 0 Å². The molecule has 2 N–H and O–H groups in total. The Bertz CT molecular complexity index is 1520. The lowest BCUT2D eigenvalue weighted by atomic mass is 10.0. The van der Waals surface area contributed by atoms with Gasteiger partial charge >= 0.3 is 0 Å². The number of nitrogens with zero attached hydrogens (tertiary/aromatic N) is 2. The van der Waals surface area contributed by atoms with Crippen LogP contribution in [-0.2, 0) is 23.6 Å². The predicted octanol–water partition coefficient (Wildman–Crippen LogP) is 4.09. The highest BCUT2D eigenvalue weighted by atomic mass is 32.2. The lowest BCUT2D eigenvalue weighted by molar-refractivity contribution is 0.602. The summed E-state index contributed by atoms with van der Waals surface area (Å²) in [6.07, 6.45) is 3.59. The van der Waals surface area contributed by atoms with Crippen molar-refractivity contribution in [2.24, 2.45) is 7.05 Å². The standard InChI is InChI=1S/C23H21FN4O3S/c1-3-32(30,31)26-16-6-9-20-18(10-16)19-13-27(2)22-21(19)14(11-25-23(22)29)12-28(20)17-7-4-15(24)5-8-17/h4-11,13,26H,3,12H2,1-2H3,(H,25,29). The molecule has 0 aliphatic carbocycles. The van der Waals surface area contributed by atoms with Gasteiger partial charge in [0.1, 0.15) is 11.3 Å². The number of fused-ring (bicyclic) bond motifs is 2. The van der Waals surface area contributed by atoms with Crippen molar-refractivity contribution < 1.29 is 12.8 Å². The van der Waals surface area contributed by atoms with Crippen LogP contribution >= 0.6 is 0 Å². The Balaban J connectivity index is 1.80. The highest BCUT2D eigenvalue weighted by Crippen LogP contribution is 2.44. The van der Waals surface area contributed by atoms with Crippen molar-refractivity contribution in [3.63, 3.8) is 0 Å². The maximum atomic E-state index is 13.6. The molecule has 9 heteroatoms. The van der Waals surface area contributed by atoms with Gasteiger partial charge in [0.2, 0.25) is 10.0 Å². The largest absolute Gasteiger partial charge is 0.345 e. The molecule has 1 aliphatic heterocycles.